The maximum atomic E-state index is 15.5. The van der Waals surface area contributed by atoms with Crippen LogP contribution < -0.4 is 26.2 Å². The van der Waals surface area contributed by atoms with Crippen LogP contribution in [0.4, 0.5) is 4.39 Å². The third-order valence-electron chi connectivity index (χ3n) is 8.41. The van der Waals surface area contributed by atoms with E-state index in [-0.39, 0.29) is 42.0 Å². The number of pyridine rings is 2. The lowest BCUT2D eigenvalue weighted by atomic mass is 9.97. The number of fused-ring (bicyclic) bond motifs is 1. The number of hydrogen-bond acceptors (Lipinski definition) is 8. The number of amides is 1. The predicted molar refractivity (Wildman–Crippen MR) is 188 cm³/mol. The molecule has 4 N–H and O–H groups in total. The number of halogens is 3. The third-order valence-corrected chi connectivity index (χ3v) is 9.23. The number of aliphatic hydroxyl groups is 1. The lowest BCUT2D eigenvalue weighted by Gasteiger charge is -2.16. The summed E-state index contributed by atoms with van der Waals surface area (Å²) in [5.41, 5.74) is 4.54. The third kappa shape index (κ3) is 7.46. The molecule has 10 nitrogen and oxygen atoms in total. The SMILES string of the molecule is COc1nc(-c2cccc(-c3cccc(-c4ccn5c(=O)c(CNC[C@H](C)O)cnc5c4)c3Cl)c2Cl)cc(F)c1CNC[C@@H]1CCC(=O)N1. The molecule has 0 spiro atoms. The normalized spacial score (nSPS) is 15.1. The number of ether oxygens (including phenoxy) is 1. The number of methoxy groups -OCH3 is 1. The molecule has 2 atom stereocenters. The lowest BCUT2D eigenvalue weighted by molar-refractivity contribution is -0.119. The summed E-state index contributed by atoms with van der Waals surface area (Å²) in [7, 11) is 1.43. The quantitative estimate of drug-likeness (QED) is 0.136. The minimum Gasteiger partial charge on any atom is -0.481 e. The van der Waals surface area contributed by atoms with Crippen molar-refractivity contribution in [2.24, 2.45) is 0 Å². The molecule has 0 saturated carbocycles. The molecular formula is C36H35Cl2FN6O4. The molecule has 0 unspecified atom stereocenters. The Labute approximate surface area is 292 Å². The van der Waals surface area contributed by atoms with E-state index in [1.54, 1.807) is 37.4 Å². The molecule has 1 amide bonds. The highest BCUT2D eigenvalue weighted by Gasteiger charge is 2.22. The zero-order valence-electron chi connectivity index (χ0n) is 26.9. The largest absolute Gasteiger partial charge is 0.481 e. The van der Waals surface area contributed by atoms with Crippen LogP contribution in [0.1, 0.15) is 30.9 Å². The van der Waals surface area contributed by atoms with Gasteiger partial charge < -0.3 is 25.8 Å². The maximum Gasteiger partial charge on any atom is 0.262 e. The van der Waals surface area contributed by atoms with Gasteiger partial charge in [0.25, 0.3) is 5.56 Å². The maximum absolute atomic E-state index is 15.5. The average molecular weight is 706 g/mol. The monoisotopic (exact) mass is 704 g/mol. The van der Waals surface area contributed by atoms with Crippen LogP contribution >= 0.6 is 23.2 Å². The van der Waals surface area contributed by atoms with Crippen molar-refractivity contribution < 1.29 is 19.0 Å². The van der Waals surface area contributed by atoms with Gasteiger partial charge in [0.2, 0.25) is 11.8 Å². The number of rotatable bonds is 12. The van der Waals surface area contributed by atoms with Gasteiger partial charge in [0.15, 0.2) is 0 Å². The van der Waals surface area contributed by atoms with E-state index in [1.165, 1.54) is 23.8 Å². The Balaban J connectivity index is 1.28. The van der Waals surface area contributed by atoms with E-state index in [0.717, 1.165) is 12.0 Å². The van der Waals surface area contributed by atoms with Crippen molar-refractivity contribution in [1.82, 2.24) is 30.3 Å². The standard InChI is InChI=1S/C36H35Cl2FN6O4/c1-20(46)15-40-16-22-17-42-31-13-21(11-12-45(31)36(22)48)24-5-3-6-25(33(24)37)26-7-4-8-27(34(26)38)30-14-29(39)28(35(44-30)49-2)19-41-18-23-9-10-32(47)43-23/h3-8,11-14,17,20,23,40-41,46H,9-10,15-16,18-19H2,1-2H3,(H,43,47)/t20-,23-/m0/s1. The van der Waals surface area contributed by atoms with Gasteiger partial charge in [0.1, 0.15) is 11.5 Å². The van der Waals surface area contributed by atoms with Crippen molar-refractivity contribution in [3.63, 3.8) is 0 Å². The zero-order chi connectivity index (χ0) is 34.7. The molecule has 3 aromatic heterocycles. The first-order valence-corrected chi connectivity index (χ1v) is 16.6. The fourth-order valence-corrected chi connectivity index (χ4v) is 6.57. The van der Waals surface area contributed by atoms with Crippen LogP contribution in [-0.2, 0) is 17.9 Å². The Morgan fingerprint density at radius 3 is 2.45 bits per heavy atom. The van der Waals surface area contributed by atoms with Crippen molar-refractivity contribution in [3.05, 3.63) is 104 Å². The molecule has 2 aromatic carbocycles. The van der Waals surface area contributed by atoms with Crippen molar-refractivity contribution in [1.29, 1.82) is 0 Å². The average Bonchev–Trinajstić information content (AvgIpc) is 3.51. The van der Waals surface area contributed by atoms with Crippen molar-refractivity contribution in [2.75, 3.05) is 20.2 Å². The van der Waals surface area contributed by atoms with Gasteiger partial charge in [-0.2, -0.15) is 0 Å². The van der Waals surface area contributed by atoms with Crippen LogP contribution in [0.3, 0.4) is 0 Å². The van der Waals surface area contributed by atoms with Gasteiger partial charge in [-0.1, -0.05) is 59.6 Å². The van der Waals surface area contributed by atoms with E-state index in [1.807, 2.05) is 24.3 Å². The minimum absolute atomic E-state index is 0.00600. The van der Waals surface area contributed by atoms with Gasteiger partial charge in [-0.3, -0.25) is 14.0 Å². The summed E-state index contributed by atoms with van der Waals surface area (Å²) in [6.45, 7) is 2.99. The van der Waals surface area contributed by atoms with Crippen LogP contribution in [0.5, 0.6) is 5.88 Å². The number of aliphatic hydroxyl groups excluding tert-OH is 1. The van der Waals surface area contributed by atoms with Gasteiger partial charge in [-0.05, 0) is 31.0 Å². The molecule has 1 fully saturated rings. The molecular weight excluding hydrogens is 670 g/mol. The fourth-order valence-electron chi connectivity index (χ4n) is 5.91. The second-order valence-electron chi connectivity index (χ2n) is 12.0. The molecule has 1 aliphatic rings. The first-order valence-electron chi connectivity index (χ1n) is 15.8. The molecule has 0 bridgehead atoms. The van der Waals surface area contributed by atoms with Crippen LogP contribution in [0, 0.1) is 5.82 Å². The van der Waals surface area contributed by atoms with E-state index in [9.17, 15) is 14.7 Å². The second kappa shape index (κ2) is 15.0. The Morgan fingerprint density at radius 2 is 1.76 bits per heavy atom. The number of carbonyl (C=O) groups is 1. The Kier molecular flexibility index (Phi) is 10.6. The molecule has 13 heteroatoms. The minimum atomic E-state index is -0.529. The van der Waals surface area contributed by atoms with Gasteiger partial charge in [0, 0.05) is 84.9 Å². The van der Waals surface area contributed by atoms with Crippen molar-refractivity contribution >= 4 is 34.8 Å². The molecule has 254 valence electrons. The Morgan fingerprint density at radius 1 is 1.04 bits per heavy atom. The molecule has 49 heavy (non-hydrogen) atoms. The molecule has 1 saturated heterocycles. The number of carbonyl (C=O) groups excluding carboxylic acids is 1. The van der Waals surface area contributed by atoms with Crippen LogP contribution in [0.15, 0.2) is 71.8 Å². The first kappa shape index (κ1) is 34.5. The van der Waals surface area contributed by atoms with Crippen LogP contribution in [0.25, 0.3) is 39.2 Å². The molecule has 5 aromatic rings. The van der Waals surface area contributed by atoms with Crippen LogP contribution in [0.2, 0.25) is 10.0 Å². The fraction of sp³-hybridized carbons (Fsp3) is 0.278. The summed E-state index contributed by atoms with van der Waals surface area (Å²) in [6, 6.07) is 15.9. The van der Waals surface area contributed by atoms with E-state index in [0.29, 0.717) is 68.7 Å². The molecule has 1 aliphatic heterocycles. The Hall–Kier alpha value is -4.39. The summed E-state index contributed by atoms with van der Waals surface area (Å²) < 4.78 is 22.5. The summed E-state index contributed by atoms with van der Waals surface area (Å²) in [5.74, 6) is -0.351. The number of hydrogen-bond donors (Lipinski definition) is 4. The smallest absolute Gasteiger partial charge is 0.262 e. The van der Waals surface area contributed by atoms with E-state index < -0.39 is 11.9 Å². The summed E-state index contributed by atoms with van der Waals surface area (Å²) in [4.78, 5) is 33.6. The van der Waals surface area contributed by atoms with E-state index >= 15 is 4.39 Å². The van der Waals surface area contributed by atoms with Gasteiger partial charge in [-0.25, -0.2) is 14.4 Å². The summed E-state index contributed by atoms with van der Waals surface area (Å²) >= 11 is 14.0. The van der Waals surface area contributed by atoms with Crippen molar-refractivity contribution in [3.8, 4) is 39.4 Å². The number of nitrogens with one attached hydrogen (secondary N) is 3. The first-order chi connectivity index (χ1) is 23.6. The van der Waals surface area contributed by atoms with Gasteiger partial charge in [-0.15, -0.1) is 0 Å². The van der Waals surface area contributed by atoms with Crippen molar-refractivity contribution in [2.45, 2.75) is 45.0 Å². The highest BCUT2D eigenvalue weighted by Crippen LogP contribution is 2.42. The highest BCUT2D eigenvalue weighted by atomic mass is 35.5. The number of nitrogens with zero attached hydrogens (tertiary/aromatic N) is 3. The lowest BCUT2D eigenvalue weighted by Crippen LogP contribution is -2.35. The summed E-state index contributed by atoms with van der Waals surface area (Å²) in [5, 5.41) is 19.4. The van der Waals surface area contributed by atoms with E-state index in [4.69, 9.17) is 27.9 Å². The van der Waals surface area contributed by atoms with Crippen LogP contribution in [-0.4, -0.2) is 57.7 Å². The molecule has 6 rings (SSSR count). The second-order valence-corrected chi connectivity index (χ2v) is 12.7. The molecule has 0 radical (unpaired) electrons. The number of benzene rings is 2. The number of aromatic nitrogens is 3. The predicted octanol–water partition coefficient (Wildman–Crippen LogP) is 5.38. The van der Waals surface area contributed by atoms with E-state index in [2.05, 4.69) is 25.9 Å². The topological polar surface area (TPSA) is 130 Å². The molecule has 4 heterocycles. The van der Waals surface area contributed by atoms with Gasteiger partial charge in [0.05, 0.1) is 34.5 Å². The highest BCUT2D eigenvalue weighted by molar-refractivity contribution is 6.39. The summed E-state index contributed by atoms with van der Waals surface area (Å²) in [6.07, 6.45) is 3.89. The Bertz CT molecular complexity index is 2090. The zero-order valence-corrected chi connectivity index (χ0v) is 28.4. The molecule has 0 aliphatic carbocycles. The van der Waals surface area contributed by atoms with Gasteiger partial charge >= 0.3 is 0 Å².